The third kappa shape index (κ3) is 4.26. The molecule has 2 aromatic carbocycles. The summed E-state index contributed by atoms with van der Waals surface area (Å²) in [7, 11) is -0.428. The third-order valence-electron chi connectivity index (χ3n) is 4.51. The molecule has 0 aliphatic carbocycles. The normalized spacial score (nSPS) is 13.3. The monoisotopic (exact) mass is 342 g/mol. The third-order valence-corrected chi connectivity index (χ3v) is 8.52. The van der Waals surface area contributed by atoms with E-state index in [1.807, 2.05) is 60.7 Å². The minimum atomic E-state index is -0.950. The summed E-state index contributed by atoms with van der Waals surface area (Å²) in [5.74, 6) is 0. The molecule has 0 fully saturated rings. The molecule has 0 aliphatic heterocycles. The Bertz CT molecular complexity index is 582. The summed E-state index contributed by atoms with van der Waals surface area (Å²) in [6, 6.07) is 20.3. The van der Waals surface area contributed by atoms with E-state index in [1.54, 1.807) is 0 Å². The molecule has 2 heteroatoms. The Morgan fingerprint density at radius 2 is 1.00 bits per heavy atom. The molecule has 1 N–H and O–H groups in total. The molecule has 0 bridgehead atoms. The topological polar surface area (TPSA) is 20.2 Å². The SMILES string of the molecule is CC(C)(C)P(CC(O)(c1ccccc1)c1ccccc1)C(C)(C)C. The summed E-state index contributed by atoms with van der Waals surface area (Å²) < 4.78 is 0. The zero-order valence-electron chi connectivity index (χ0n) is 15.9. The number of rotatable bonds is 4. The first-order valence-corrected chi connectivity index (χ1v) is 10.2. The van der Waals surface area contributed by atoms with Crippen LogP contribution in [0.15, 0.2) is 60.7 Å². The largest absolute Gasteiger partial charge is 0.380 e. The second-order valence-electron chi connectivity index (χ2n) is 8.52. The highest BCUT2D eigenvalue weighted by molar-refractivity contribution is 7.60. The molecular weight excluding hydrogens is 311 g/mol. The van der Waals surface area contributed by atoms with Gasteiger partial charge in [-0.2, -0.15) is 0 Å². The van der Waals surface area contributed by atoms with Crippen LogP contribution in [0.5, 0.6) is 0 Å². The molecule has 24 heavy (non-hydrogen) atoms. The lowest BCUT2D eigenvalue weighted by Gasteiger charge is -2.46. The fraction of sp³-hybridized carbons (Fsp3) is 0.455. The average Bonchev–Trinajstić information content (AvgIpc) is 2.52. The molecule has 0 radical (unpaired) electrons. The molecule has 130 valence electrons. The summed E-state index contributed by atoms with van der Waals surface area (Å²) in [6.45, 7) is 13.8. The van der Waals surface area contributed by atoms with Crippen molar-refractivity contribution in [1.82, 2.24) is 0 Å². The van der Waals surface area contributed by atoms with Crippen LogP contribution in [-0.2, 0) is 5.60 Å². The summed E-state index contributed by atoms with van der Waals surface area (Å²) in [5, 5.41) is 12.2. The van der Waals surface area contributed by atoms with Gasteiger partial charge in [-0.15, -0.1) is 0 Å². The molecule has 0 unspecified atom stereocenters. The molecule has 0 amide bonds. The van der Waals surface area contributed by atoms with Gasteiger partial charge in [0.15, 0.2) is 0 Å². The Kier molecular flexibility index (Phi) is 5.57. The molecule has 2 rings (SSSR count). The van der Waals surface area contributed by atoms with Crippen LogP contribution in [0, 0.1) is 0 Å². The Balaban J connectivity index is 2.56. The summed E-state index contributed by atoms with van der Waals surface area (Å²) in [6.07, 6.45) is 0.767. The average molecular weight is 342 g/mol. The van der Waals surface area contributed by atoms with Crippen LogP contribution in [0.25, 0.3) is 0 Å². The first kappa shape index (κ1) is 19.2. The van der Waals surface area contributed by atoms with Crippen molar-refractivity contribution in [2.75, 3.05) is 6.16 Å². The van der Waals surface area contributed by atoms with E-state index in [4.69, 9.17) is 0 Å². The fourth-order valence-corrected chi connectivity index (χ4v) is 7.27. The highest BCUT2D eigenvalue weighted by atomic mass is 31.1. The fourth-order valence-electron chi connectivity index (χ4n) is 3.49. The second-order valence-corrected chi connectivity index (χ2v) is 12.4. The van der Waals surface area contributed by atoms with E-state index in [-0.39, 0.29) is 10.3 Å². The Labute approximate surface area is 148 Å². The van der Waals surface area contributed by atoms with Crippen molar-refractivity contribution in [3.05, 3.63) is 71.8 Å². The van der Waals surface area contributed by atoms with Gasteiger partial charge >= 0.3 is 0 Å². The van der Waals surface area contributed by atoms with Gasteiger partial charge in [-0.05, 0) is 21.4 Å². The molecule has 0 saturated heterocycles. The number of benzene rings is 2. The van der Waals surface area contributed by atoms with Crippen molar-refractivity contribution < 1.29 is 5.11 Å². The minimum Gasteiger partial charge on any atom is -0.380 e. The van der Waals surface area contributed by atoms with E-state index in [9.17, 15) is 5.11 Å². The first-order valence-electron chi connectivity index (χ1n) is 8.66. The van der Waals surface area contributed by atoms with Gasteiger partial charge in [-0.1, -0.05) is 110 Å². The highest BCUT2D eigenvalue weighted by Crippen LogP contribution is 2.62. The Morgan fingerprint density at radius 3 is 1.29 bits per heavy atom. The zero-order chi connectivity index (χ0) is 18.0. The van der Waals surface area contributed by atoms with Gasteiger partial charge in [0.25, 0.3) is 0 Å². The lowest BCUT2D eigenvalue weighted by atomic mass is 9.88. The van der Waals surface area contributed by atoms with Crippen LogP contribution in [0.1, 0.15) is 52.7 Å². The van der Waals surface area contributed by atoms with E-state index in [0.29, 0.717) is 0 Å². The predicted octanol–water partition coefficient (Wildman–Crippen LogP) is 6.00. The number of hydrogen-bond acceptors (Lipinski definition) is 1. The first-order chi connectivity index (χ1) is 11.0. The van der Waals surface area contributed by atoms with Crippen LogP contribution in [0.3, 0.4) is 0 Å². The van der Waals surface area contributed by atoms with Crippen molar-refractivity contribution in [3.8, 4) is 0 Å². The van der Waals surface area contributed by atoms with Gasteiger partial charge in [0.2, 0.25) is 0 Å². The Hall–Kier alpha value is -1.17. The molecule has 0 aliphatic rings. The van der Waals surface area contributed by atoms with Crippen LogP contribution in [0.2, 0.25) is 0 Å². The Morgan fingerprint density at radius 1 is 0.667 bits per heavy atom. The number of aliphatic hydroxyl groups is 1. The minimum absolute atomic E-state index is 0.172. The molecular formula is C22H31OP. The smallest absolute Gasteiger partial charge is 0.119 e. The molecule has 0 heterocycles. The van der Waals surface area contributed by atoms with Gasteiger partial charge in [-0.3, -0.25) is 0 Å². The molecule has 0 saturated carbocycles. The molecule has 2 aromatic rings. The standard InChI is InChI=1S/C22H31OP/c1-20(2,3)24(21(4,5)6)17-22(23,18-13-9-7-10-14-18)19-15-11-8-12-16-19/h7-16,23H,17H2,1-6H3. The van der Waals surface area contributed by atoms with Crippen LogP contribution < -0.4 is 0 Å². The van der Waals surface area contributed by atoms with E-state index >= 15 is 0 Å². The predicted molar refractivity (Wildman–Crippen MR) is 107 cm³/mol. The van der Waals surface area contributed by atoms with Crippen molar-refractivity contribution in [3.63, 3.8) is 0 Å². The summed E-state index contributed by atoms with van der Waals surface area (Å²) in [4.78, 5) is 0. The van der Waals surface area contributed by atoms with E-state index in [2.05, 4.69) is 41.5 Å². The van der Waals surface area contributed by atoms with Gasteiger partial charge in [0, 0.05) is 6.16 Å². The quantitative estimate of drug-likeness (QED) is 0.676. The maximum atomic E-state index is 11.9. The summed E-state index contributed by atoms with van der Waals surface area (Å²) in [5.41, 5.74) is 1.02. The molecule has 1 nitrogen and oxygen atoms in total. The number of hydrogen-bond donors (Lipinski definition) is 1. The van der Waals surface area contributed by atoms with Gasteiger partial charge in [0.1, 0.15) is 5.60 Å². The van der Waals surface area contributed by atoms with Gasteiger partial charge in [-0.25, -0.2) is 0 Å². The van der Waals surface area contributed by atoms with Gasteiger partial charge in [0.05, 0.1) is 0 Å². The second kappa shape index (κ2) is 6.98. The van der Waals surface area contributed by atoms with E-state index in [0.717, 1.165) is 17.3 Å². The van der Waals surface area contributed by atoms with Crippen molar-refractivity contribution >= 4 is 7.92 Å². The van der Waals surface area contributed by atoms with Crippen LogP contribution in [0.4, 0.5) is 0 Å². The maximum Gasteiger partial charge on any atom is 0.119 e. The van der Waals surface area contributed by atoms with Crippen molar-refractivity contribution in [1.29, 1.82) is 0 Å². The maximum absolute atomic E-state index is 11.9. The van der Waals surface area contributed by atoms with Crippen LogP contribution in [-0.4, -0.2) is 21.6 Å². The highest BCUT2D eigenvalue weighted by Gasteiger charge is 2.42. The van der Waals surface area contributed by atoms with Crippen molar-refractivity contribution in [2.24, 2.45) is 0 Å². The van der Waals surface area contributed by atoms with Gasteiger partial charge < -0.3 is 5.11 Å². The van der Waals surface area contributed by atoms with E-state index < -0.39 is 13.5 Å². The van der Waals surface area contributed by atoms with Crippen molar-refractivity contribution in [2.45, 2.75) is 57.5 Å². The van der Waals surface area contributed by atoms with E-state index in [1.165, 1.54) is 0 Å². The lowest BCUT2D eigenvalue weighted by Crippen LogP contribution is -2.37. The summed E-state index contributed by atoms with van der Waals surface area (Å²) >= 11 is 0. The zero-order valence-corrected chi connectivity index (χ0v) is 16.8. The lowest BCUT2D eigenvalue weighted by molar-refractivity contribution is 0.105. The molecule has 0 atom stereocenters. The van der Waals surface area contributed by atoms with Crippen LogP contribution >= 0.6 is 7.92 Å². The molecule has 0 spiro atoms. The molecule has 0 aromatic heterocycles.